The fourth-order valence-electron chi connectivity index (χ4n) is 1.99. The molecule has 106 valence electrons. The second-order valence-electron chi connectivity index (χ2n) is 4.64. The summed E-state index contributed by atoms with van der Waals surface area (Å²) in [5, 5.41) is 9.01. The topological polar surface area (TPSA) is 41.6 Å². The summed E-state index contributed by atoms with van der Waals surface area (Å²) in [7, 11) is 0. The van der Waals surface area contributed by atoms with Crippen LogP contribution in [0.15, 0.2) is 59.8 Å². The first kappa shape index (κ1) is 14.2. The van der Waals surface area contributed by atoms with Crippen molar-refractivity contribution in [1.29, 1.82) is 0 Å². The molecule has 0 amide bonds. The molecule has 0 spiro atoms. The first-order chi connectivity index (χ1) is 10.2. The molecule has 1 atom stereocenters. The highest BCUT2D eigenvalue weighted by Crippen LogP contribution is 2.33. The van der Waals surface area contributed by atoms with E-state index in [1.165, 1.54) is 5.56 Å². The third-order valence-corrected chi connectivity index (χ3v) is 4.40. The summed E-state index contributed by atoms with van der Waals surface area (Å²) in [5.41, 5.74) is 2.24. The van der Waals surface area contributed by atoms with Gasteiger partial charge in [-0.3, -0.25) is 5.10 Å². The summed E-state index contributed by atoms with van der Waals surface area (Å²) >= 11 is 7.53. The van der Waals surface area contributed by atoms with E-state index in [1.54, 1.807) is 11.8 Å². The fourth-order valence-corrected chi connectivity index (χ4v) is 2.96. The largest absolute Gasteiger partial charge is 0.258 e. The van der Waals surface area contributed by atoms with Crippen LogP contribution in [0.3, 0.4) is 0 Å². The van der Waals surface area contributed by atoms with Crippen LogP contribution in [0, 0.1) is 0 Å². The summed E-state index contributed by atoms with van der Waals surface area (Å²) in [6.07, 6.45) is 0. The highest BCUT2D eigenvalue weighted by molar-refractivity contribution is 7.99. The van der Waals surface area contributed by atoms with Gasteiger partial charge in [-0.2, -0.15) is 0 Å². The van der Waals surface area contributed by atoms with Crippen LogP contribution in [0.5, 0.6) is 0 Å². The Hall–Kier alpha value is -1.78. The number of aromatic nitrogens is 3. The average Bonchev–Trinajstić information content (AvgIpc) is 2.97. The number of benzene rings is 2. The summed E-state index contributed by atoms with van der Waals surface area (Å²) in [4.78, 5) is 4.53. The Labute approximate surface area is 132 Å². The smallest absolute Gasteiger partial charge is 0.209 e. The second-order valence-corrected chi connectivity index (χ2v) is 6.39. The minimum absolute atomic E-state index is 0.306. The van der Waals surface area contributed by atoms with Gasteiger partial charge in [0.05, 0.1) is 0 Å². The molecule has 21 heavy (non-hydrogen) atoms. The van der Waals surface area contributed by atoms with Crippen LogP contribution in [0.25, 0.3) is 11.4 Å². The molecule has 2 aromatic carbocycles. The number of halogens is 1. The average molecular weight is 316 g/mol. The third kappa shape index (κ3) is 3.46. The first-order valence-electron chi connectivity index (χ1n) is 6.62. The van der Waals surface area contributed by atoms with Crippen molar-refractivity contribution in [1.82, 2.24) is 15.2 Å². The normalized spacial score (nSPS) is 12.3. The number of rotatable bonds is 4. The summed E-state index contributed by atoms with van der Waals surface area (Å²) in [5.74, 6) is 0.759. The monoisotopic (exact) mass is 315 g/mol. The van der Waals surface area contributed by atoms with E-state index < -0.39 is 0 Å². The Bertz CT molecular complexity index is 710. The molecule has 5 heteroatoms. The Kier molecular flexibility index (Phi) is 4.27. The van der Waals surface area contributed by atoms with Crippen molar-refractivity contribution in [3.05, 3.63) is 65.2 Å². The van der Waals surface area contributed by atoms with Crippen molar-refractivity contribution in [3.8, 4) is 11.4 Å². The van der Waals surface area contributed by atoms with E-state index in [1.807, 2.05) is 42.5 Å². The lowest BCUT2D eigenvalue weighted by atomic mass is 10.2. The van der Waals surface area contributed by atoms with Gasteiger partial charge in [-0.1, -0.05) is 53.7 Å². The molecular weight excluding hydrogens is 302 g/mol. The van der Waals surface area contributed by atoms with Gasteiger partial charge < -0.3 is 0 Å². The Morgan fingerprint density at radius 1 is 1.05 bits per heavy atom. The Balaban J connectivity index is 1.75. The zero-order valence-corrected chi connectivity index (χ0v) is 13.0. The van der Waals surface area contributed by atoms with Gasteiger partial charge in [0, 0.05) is 15.8 Å². The molecule has 1 unspecified atom stereocenters. The molecule has 1 heterocycles. The molecule has 0 aliphatic rings. The number of nitrogens with one attached hydrogen (secondary N) is 1. The summed E-state index contributed by atoms with van der Waals surface area (Å²) < 4.78 is 0. The van der Waals surface area contributed by atoms with Gasteiger partial charge in [0.1, 0.15) is 0 Å². The minimum Gasteiger partial charge on any atom is -0.258 e. The Morgan fingerprint density at radius 2 is 1.76 bits per heavy atom. The van der Waals surface area contributed by atoms with E-state index in [-0.39, 0.29) is 0 Å². The van der Waals surface area contributed by atoms with Crippen molar-refractivity contribution >= 4 is 23.4 Å². The predicted octanol–water partition coefficient (Wildman–Crippen LogP) is 4.98. The SMILES string of the molecule is CC(Sc1n[nH]c(-c2ccc(Cl)cc2)n1)c1ccccc1. The van der Waals surface area contributed by atoms with Crippen LogP contribution in [0.2, 0.25) is 5.02 Å². The van der Waals surface area contributed by atoms with Crippen molar-refractivity contribution in [2.75, 3.05) is 0 Å². The highest BCUT2D eigenvalue weighted by atomic mass is 35.5. The number of aromatic amines is 1. The van der Waals surface area contributed by atoms with Gasteiger partial charge >= 0.3 is 0 Å². The van der Waals surface area contributed by atoms with Gasteiger partial charge in [-0.15, -0.1) is 5.10 Å². The number of hydrogen-bond donors (Lipinski definition) is 1. The maximum absolute atomic E-state index is 5.89. The number of thioether (sulfide) groups is 1. The lowest BCUT2D eigenvalue weighted by molar-refractivity contribution is 0.960. The van der Waals surface area contributed by atoms with Crippen LogP contribution in [0.4, 0.5) is 0 Å². The van der Waals surface area contributed by atoms with Crippen LogP contribution >= 0.6 is 23.4 Å². The molecule has 0 aliphatic carbocycles. The molecule has 1 aromatic heterocycles. The van der Waals surface area contributed by atoms with Crippen molar-refractivity contribution in [2.24, 2.45) is 0 Å². The Morgan fingerprint density at radius 3 is 2.48 bits per heavy atom. The van der Waals surface area contributed by atoms with Crippen LogP contribution < -0.4 is 0 Å². The zero-order chi connectivity index (χ0) is 14.7. The lowest BCUT2D eigenvalue weighted by Crippen LogP contribution is -1.88. The quantitative estimate of drug-likeness (QED) is 0.690. The fraction of sp³-hybridized carbons (Fsp3) is 0.125. The molecule has 0 aliphatic heterocycles. The van der Waals surface area contributed by atoms with E-state index >= 15 is 0 Å². The molecule has 1 N–H and O–H groups in total. The van der Waals surface area contributed by atoms with Gasteiger partial charge in [0.15, 0.2) is 5.82 Å². The highest BCUT2D eigenvalue weighted by Gasteiger charge is 2.12. The molecule has 3 rings (SSSR count). The molecule has 3 nitrogen and oxygen atoms in total. The van der Waals surface area contributed by atoms with Crippen molar-refractivity contribution < 1.29 is 0 Å². The van der Waals surface area contributed by atoms with Gasteiger partial charge in [-0.05, 0) is 36.8 Å². The first-order valence-corrected chi connectivity index (χ1v) is 7.88. The van der Waals surface area contributed by atoms with E-state index in [2.05, 4.69) is 34.2 Å². The number of nitrogens with zero attached hydrogens (tertiary/aromatic N) is 2. The molecule has 0 bridgehead atoms. The van der Waals surface area contributed by atoms with E-state index in [0.717, 1.165) is 16.5 Å². The summed E-state index contributed by atoms with van der Waals surface area (Å²) in [6.45, 7) is 2.15. The van der Waals surface area contributed by atoms with Crippen molar-refractivity contribution in [2.45, 2.75) is 17.3 Å². The maximum atomic E-state index is 5.89. The van der Waals surface area contributed by atoms with Crippen molar-refractivity contribution in [3.63, 3.8) is 0 Å². The molecule has 3 aromatic rings. The van der Waals surface area contributed by atoms with E-state index in [4.69, 9.17) is 11.6 Å². The van der Waals surface area contributed by atoms with E-state index in [9.17, 15) is 0 Å². The van der Waals surface area contributed by atoms with Crippen LogP contribution in [-0.2, 0) is 0 Å². The molecule has 0 saturated carbocycles. The molecule has 0 radical (unpaired) electrons. The summed E-state index contributed by atoms with van der Waals surface area (Å²) in [6, 6.07) is 17.9. The number of H-pyrrole nitrogens is 1. The standard InChI is InChI=1S/C16H14ClN3S/c1-11(12-5-3-2-4-6-12)21-16-18-15(19-20-16)13-7-9-14(17)10-8-13/h2-11H,1H3,(H,18,19,20). The van der Waals surface area contributed by atoms with Gasteiger partial charge in [0.25, 0.3) is 0 Å². The van der Waals surface area contributed by atoms with Gasteiger partial charge in [-0.25, -0.2) is 4.98 Å². The van der Waals surface area contributed by atoms with Crippen LogP contribution in [0.1, 0.15) is 17.7 Å². The van der Waals surface area contributed by atoms with E-state index in [0.29, 0.717) is 10.3 Å². The lowest BCUT2D eigenvalue weighted by Gasteiger charge is -2.08. The predicted molar refractivity (Wildman–Crippen MR) is 87.5 cm³/mol. The zero-order valence-electron chi connectivity index (χ0n) is 11.5. The number of hydrogen-bond acceptors (Lipinski definition) is 3. The second kappa shape index (κ2) is 6.33. The molecular formula is C16H14ClN3S. The molecule has 0 fully saturated rings. The third-order valence-electron chi connectivity index (χ3n) is 3.13. The van der Waals surface area contributed by atoms with Gasteiger partial charge in [0.2, 0.25) is 5.16 Å². The maximum Gasteiger partial charge on any atom is 0.209 e. The minimum atomic E-state index is 0.306. The molecule has 0 saturated heterocycles. The van der Waals surface area contributed by atoms with Crippen LogP contribution in [-0.4, -0.2) is 15.2 Å².